The average molecular weight is 698 g/mol. The summed E-state index contributed by atoms with van der Waals surface area (Å²) in [6, 6.07) is 14.6. The van der Waals surface area contributed by atoms with Gasteiger partial charge in [-0.2, -0.15) is 9.57 Å². The van der Waals surface area contributed by atoms with Crippen molar-refractivity contribution < 1.29 is 22.7 Å². The van der Waals surface area contributed by atoms with E-state index in [1.54, 1.807) is 49.5 Å². The zero-order chi connectivity index (χ0) is 33.7. The first kappa shape index (κ1) is 33.9. The summed E-state index contributed by atoms with van der Waals surface area (Å²) >= 11 is 13.1. The van der Waals surface area contributed by atoms with Gasteiger partial charge >= 0.3 is 0 Å². The number of carbonyl (C=O) groups is 2. The van der Waals surface area contributed by atoms with E-state index in [9.17, 15) is 22.8 Å². The van der Waals surface area contributed by atoms with Crippen LogP contribution < -0.4 is 20.9 Å². The van der Waals surface area contributed by atoms with Crippen LogP contribution in [0.1, 0.15) is 46.4 Å². The van der Waals surface area contributed by atoms with Crippen LogP contribution in [0.5, 0.6) is 5.75 Å². The maximum Gasteiger partial charge on any atom is 0.258 e. The van der Waals surface area contributed by atoms with Crippen LogP contribution in [-0.4, -0.2) is 59.6 Å². The standard InChI is InChI=1S/C32H30Cl2N6O6S/c1-20-17-28(41)39-15-3-6-26(30(39)38-20)46-19-23-24(33)11-12-27(29(23)34)47(44,45)40-16-2-5-25(40)32(43)37-14-4-13-36-31(42)22-9-7-21(18-35)8-10-22/h3,6-12,15,17,25H,2,4-5,13-14,16,19H2,1H3,(H,36,42)(H,37,43)/t25-/m0/s1. The minimum atomic E-state index is -4.22. The van der Waals surface area contributed by atoms with Crippen LogP contribution >= 0.6 is 23.2 Å². The fourth-order valence-electron chi connectivity index (χ4n) is 5.22. The minimum Gasteiger partial charge on any atom is -0.485 e. The SMILES string of the molecule is Cc1cc(=O)n2cccc(OCc3c(Cl)ccc(S(=O)(=O)N4CCC[C@H]4C(=O)NCCCNC(=O)c4ccc(C#N)cc4)c3Cl)c2n1. The number of carbonyl (C=O) groups excluding carboxylic acids is 2. The molecule has 15 heteroatoms. The molecule has 12 nitrogen and oxygen atoms in total. The zero-order valence-corrected chi connectivity index (χ0v) is 27.5. The van der Waals surface area contributed by atoms with Crippen molar-refractivity contribution in [3.8, 4) is 11.8 Å². The molecule has 47 heavy (non-hydrogen) atoms. The molecule has 2 aromatic carbocycles. The Hall–Kier alpha value is -4.48. The van der Waals surface area contributed by atoms with Gasteiger partial charge in [-0.05, 0) is 74.7 Å². The Labute approximate surface area is 280 Å². The molecule has 1 aliphatic heterocycles. The summed E-state index contributed by atoms with van der Waals surface area (Å²) in [5.41, 5.74) is 1.59. The van der Waals surface area contributed by atoms with Crippen molar-refractivity contribution in [3.05, 3.63) is 104 Å². The predicted molar refractivity (Wildman–Crippen MR) is 175 cm³/mol. The number of pyridine rings is 1. The van der Waals surface area contributed by atoms with E-state index in [1.807, 2.05) is 6.07 Å². The molecule has 0 bridgehead atoms. The predicted octanol–water partition coefficient (Wildman–Crippen LogP) is 3.85. The second-order valence-electron chi connectivity index (χ2n) is 10.8. The molecule has 1 saturated heterocycles. The van der Waals surface area contributed by atoms with E-state index in [2.05, 4.69) is 15.6 Å². The Kier molecular flexibility index (Phi) is 10.5. The summed E-state index contributed by atoms with van der Waals surface area (Å²) in [5.74, 6) is -0.483. The van der Waals surface area contributed by atoms with Gasteiger partial charge < -0.3 is 15.4 Å². The molecule has 1 atom stereocenters. The van der Waals surface area contributed by atoms with Gasteiger partial charge in [0.1, 0.15) is 17.5 Å². The van der Waals surface area contributed by atoms with E-state index >= 15 is 0 Å². The number of benzene rings is 2. The van der Waals surface area contributed by atoms with Gasteiger partial charge in [0.05, 0.1) is 16.7 Å². The molecule has 3 heterocycles. The van der Waals surface area contributed by atoms with Gasteiger partial charge in [0.15, 0.2) is 11.4 Å². The Bertz CT molecular complexity index is 2050. The van der Waals surface area contributed by atoms with Gasteiger partial charge in [-0.3, -0.25) is 18.8 Å². The number of hydrogen-bond acceptors (Lipinski definition) is 8. The van der Waals surface area contributed by atoms with Gasteiger partial charge in [-0.25, -0.2) is 13.4 Å². The number of aryl methyl sites for hydroxylation is 1. The molecule has 4 aromatic rings. The van der Waals surface area contributed by atoms with Crippen LogP contribution in [0.3, 0.4) is 0 Å². The number of sulfonamides is 1. The number of fused-ring (bicyclic) bond motifs is 1. The van der Waals surface area contributed by atoms with Gasteiger partial charge in [-0.15, -0.1) is 0 Å². The van der Waals surface area contributed by atoms with Gasteiger partial charge in [0, 0.05) is 53.7 Å². The molecule has 0 saturated carbocycles. The van der Waals surface area contributed by atoms with Gasteiger partial charge in [0.25, 0.3) is 11.5 Å². The lowest BCUT2D eigenvalue weighted by molar-refractivity contribution is -0.124. The highest BCUT2D eigenvalue weighted by Gasteiger charge is 2.40. The smallest absolute Gasteiger partial charge is 0.258 e. The summed E-state index contributed by atoms with van der Waals surface area (Å²) in [6.07, 6.45) is 2.78. The number of hydrogen-bond donors (Lipinski definition) is 2. The normalized spacial score (nSPS) is 14.9. The van der Waals surface area contributed by atoms with Crippen molar-refractivity contribution >= 4 is 50.7 Å². The summed E-state index contributed by atoms with van der Waals surface area (Å²) in [7, 11) is -4.22. The second-order valence-corrected chi connectivity index (χ2v) is 13.4. The van der Waals surface area contributed by atoms with Crippen LogP contribution in [0, 0.1) is 18.3 Å². The van der Waals surface area contributed by atoms with E-state index in [-0.39, 0.29) is 69.6 Å². The van der Waals surface area contributed by atoms with Crippen LogP contribution in [0.25, 0.3) is 5.65 Å². The van der Waals surface area contributed by atoms with E-state index in [0.717, 1.165) is 4.31 Å². The highest BCUT2D eigenvalue weighted by Crippen LogP contribution is 2.36. The molecular weight excluding hydrogens is 667 g/mol. The first-order valence-electron chi connectivity index (χ1n) is 14.7. The molecule has 2 amide bonds. The number of halogens is 2. The Morgan fingerprint density at radius 1 is 1.11 bits per heavy atom. The van der Waals surface area contributed by atoms with Crippen molar-refractivity contribution in [2.24, 2.45) is 0 Å². The maximum atomic E-state index is 13.8. The number of nitrogens with one attached hydrogen (secondary N) is 2. The Morgan fingerprint density at radius 2 is 1.85 bits per heavy atom. The van der Waals surface area contributed by atoms with Gasteiger partial charge in [0.2, 0.25) is 15.9 Å². The number of nitrogens with zero attached hydrogens (tertiary/aromatic N) is 4. The fraction of sp³-hybridized carbons (Fsp3) is 0.281. The van der Waals surface area contributed by atoms with Crippen molar-refractivity contribution in [3.63, 3.8) is 0 Å². The van der Waals surface area contributed by atoms with Crippen molar-refractivity contribution in [1.82, 2.24) is 24.3 Å². The third kappa shape index (κ3) is 7.41. The quantitative estimate of drug-likeness (QED) is 0.224. The van der Waals surface area contributed by atoms with Crippen LogP contribution in [0.4, 0.5) is 0 Å². The Morgan fingerprint density at radius 3 is 2.60 bits per heavy atom. The summed E-state index contributed by atoms with van der Waals surface area (Å²) in [5, 5.41) is 14.5. The van der Waals surface area contributed by atoms with E-state index in [1.165, 1.54) is 22.6 Å². The average Bonchev–Trinajstić information content (AvgIpc) is 3.56. The first-order valence-corrected chi connectivity index (χ1v) is 16.9. The first-order chi connectivity index (χ1) is 22.5. The topological polar surface area (TPSA) is 163 Å². The largest absolute Gasteiger partial charge is 0.485 e. The molecule has 0 aliphatic carbocycles. The molecule has 244 valence electrons. The highest BCUT2D eigenvalue weighted by atomic mass is 35.5. The monoisotopic (exact) mass is 696 g/mol. The third-order valence-electron chi connectivity index (χ3n) is 7.61. The van der Waals surface area contributed by atoms with Crippen molar-refractivity contribution in [2.75, 3.05) is 19.6 Å². The molecule has 0 unspecified atom stereocenters. The molecule has 5 rings (SSSR count). The van der Waals surface area contributed by atoms with Crippen LogP contribution in [0.15, 0.2) is 70.5 Å². The molecule has 2 aromatic heterocycles. The molecule has 0 spiro atoms. The second kappa shape index (κ2) is 14.5. The number of ether oxygens (including phenoxy) is 1. The molecule has 1 fully saturated rings. The molecule has 2 N–H and O–H groups in total. The van der Waals surface area contributed by atoms with E-state index < -0.39 is 22.0 Å². The van der Waals surface area contributed by atoms with E-state index in [4.69, 9.17) is 33.2 Å². The lowest BCUT2D eigenvalue weighted by Gasteiger charge is -2.24. The maximum absolute atomic E-state index is 13.8. The lowest BCUT2D eigenvalue weighted by atomic mass is 10.1. The molecular formula is C32H30Cl2N6O6S. The summed E-state index contributed by atoms with van der Waals surface area (Å²) in [4.78, 5) is 41.9. The Balaban J connectivity index is 1.23. The zero-order valence-electron chi connectivity index (χ0n) is 25.2. The van der Waals surface area contributed by atoms with Gasteiger partial charge in [-0.1, -0.05) is 23.2 Å². The summed E-state index contributed by atoms with van der Waals surface area (Å²) < 4.78 is 36.1. The summed E-state index contributed by atoms with van der Waals surface area (Å²) in [6.45, 7) is 2.10. The molecule has 1 aliphatic rings. The number of nitriles is 1. The number of aromatic nitrogens is 2. The molecule has 0 radical (unpaired) electrons. The highest BCUT2D eigenvalue weighted by molar-refractivity contribution is 7.89. The van der Waals surface area contributed by atoms with Crippen molar-refractivity contribution in [2.45, 2.75) is 43.7 Å². The number of rotatable bonds is 11. The fourth-order valence-corrected chi connectivity index (χ4v) is 7.74. The van der Waals surface area contributed by atoms with Crippen LogP contribution in [-0.2, 0) is 21.4 Å². The lowest BCUT2D eigenvalue weighted by Crippen LogP contribution is -2.46. The minimum absolute atomic E-state index is 0.127. The number of amides is 2. The van der Waals surface area contributed by atoms with E-state index in [0.29, 0.717) is 36.1 Å². The third-order valence-corrected chi connectivity index (χ3v) is 10.5. The van der Waals surface area contributed by atoms with Crippen molar-refractivity contribution in [1.29, 1.82) is 5.26 Å². The van der Waals surface area contributed by atoms with Crippen LogP contribution in [0.2, 0.25) is 10.0 Å².